The molecule has 5 aromatic rings. The molecule has 0 bridgehead atoms. The zero-order chi connectivity index (χ0) is 35.6. The van der Waals surface area contributed by atoms with E-state index in [4.69, 9.17) is 0 Å². The zero-order valence-electron chi connectivity index (χ0n) is 27.5. The van der Waals surface area contributed by atoms with Crippen molar-refractivity contribution in [1.29, 1.82) is 0 Å². The molecule has 15 heteroatoms. The number of thiophene rings is 1. The molecule has 0 unspecified atom stereocenters. The average Bonchev–Trinajstić information content (AvgIpc) is 3.63. The van der Waals surface area contributed by atoms with E-state index in [0.29, 0.717) is 53.4 Å². The van der Waals surface area contributed by atoms with Crippen molar-refractivity contribution in [2.24, 2.45) is 0 Å². The number of benzene rings is 3. The highest BCUT2D eigenvalue weighted by molar-refractivity contribution is 7.89. The molecule has 0 atom stereocenters. The molecule has 2 N–H and O–H groups in total. The van der Waals surface area contributed by atoms with Crippen LogP contribution in [0.1, 0.15) is 24.5 Å². The number of hydrogen-bond donors (Lipinski definition) is 2. The Bertz CT molecular complexity index is 2250. The first-order valence-electron chi connectivity index (χ1n) is 16.1. The lowest BCUT2D eigenvalue weighted by atomic mass is 10.1. The average molecular weight is 723 g/mol. The van der Waals surface area contributed by atoms with E-state index in [0.717, 1.165) is 28.0 Å². The van der Waals surface area contributed by atoms with Gasteiger partial charge in [0.1, 0.15) is 16.5 Å². The molecule has 1 aliphatic rings. The van der Waals surface area contributed by atoms with Gasteiger partial charge >= 0.3 is 11.7 Å². The highest BCUT2D eigenvalue weighted by Gasteiger charge is 2.29. The second kappa shape index (κ2) is 14.6. The number of rotatable bonds is 11. The molecule has 0 aliphatic carbocycles. The van der Waals surface area contributed by atoms with Gasteiger partial charge in [-0.05, 0) is 67.9 Å². The number of carbonyl (C=O) groups excluding carboxylic acids is 1. The largest absolute Gasteiger partial charge is 0.338 e. The highest BCUT2D eigenvalue weighted by Crippen LogP contribution is 2.38. The van der Waals surface area contributed by atoms with E-state index in [-0.39, 0.29) is 40.7 Å². The fourth-order valence-electron chi connectivity index (χ4n) is 6.05. The summed E-state index contributed by atoms with van der Waals surface area (Å²) in [4.78, 5) is 43.6. The minimum atomic E-state index is -3.32. The Kier molecular flexibility index (Phi) is 10.3. The van der Waals surface area contributed by atoms with Crippen molar-refractivity contribution in [2.45, 2.75) is 26.4 Å². The summed E-state index contributed by atoms with van der Waals surface area (Å²) in [5, 5.41) is 5.63. The van der Waals surface area contributed by atoms with Gasteiger partial charge in [-0.1, -0.05) is 36.4 Å². The molecule has 1 saturated heterocycles. The molecule has 1 fully saturated rings. The van der Waals surface area contributed by atoms with E-state index in [1.165, 1.54) is 14.9 Å². The summed E-state index contributed by atoms with van der Waals surface area (Å²) in [6.07, 6.45) is 0.565. The van der Waals surface area contributed by atoms with Crippen molar-refractivity contribution in [2.75, 3.05) is 44.3 Å². The predicted octanol–water partition coefficient (Wildman–Crippen LogP) is 4.82. The molecule has 0 radical (unpaired) electrons. The van der Waals surface area contributed by atoms with E-state index >= 15 is 8.78 Å². The van der Waals surface area contributed by atoms with Crippen LogP contribution >= 0.6 is 11.3 Å². The third-order valence-electron chi connectivity index (χ3n) is 8.57. The van der Waals surface area contributed by atoms with Gasteiger partial charge in [-0.3, -0.25) is 9.36 Å². The molecule has 2 aromatic heterocycles. The Morgan fingerprint density at radius 2 is 1.66 bits per heavy atom. The second-order valence-electron chi connectivity index (χ2n) is 12.0. The quantitative estimate of drug-likeness (QED) is 0.202. The van der Waals surface area contributed by atoms with Crippen LogP contribution in [0.4, 0.5) is 19.3 Å². The summed E-state index contributed by atoms with van der Waals surface area (Å²) in [7, 11) is -1.50. The first kappa shape index (κ1) is 35.1. The number of amides is 2. The topological polar surface area (TPSA) is 126 Å². The maximum atomic E-state index is 15.0. The summed E-state index contributed by atoms with van der Waals surface area (Å²) in [6.45, 7) is 3.04. The van der Waals surface area contributed by atoms with E-state index in [2.05, 4.69) is 10.6 Å². The molecule has 0 spiro atoms. The SMILES string of the molecule is CCNC(=O)Nc1ccc(-c2sc3c(c2CN(C)CCN2CCCS2(=O)=O)c(=O)n(-c2ccccc2)c(=O)n3Cc2c(F)cccc2F)cc1. The van der Waals surface area contributed by atoms with Crippen molar-refractivity contribution in [1.82, 2.24) is 23.7 Å². The number of nitrogens with zero attached hydrogens (tertiary/aromatic N) is 4. The van der Waals surface area contributed by atoms with E-state index in [9.17, 15) is 22.8 Å². The Labute approximate surface area is 291 Å². The fraction of sp³-hybridized carbons (Fsp3) is 0.286. The zero-order valence-corrected chi connectivity index (χ0v) is 29.1. The summed E-state index contributed by atoms with van der Waals surface area (Å²) in [5.41, 5.74) is 0.395. The molecule has 2 amide bonds. The van der Waals surface area contributed by atoms with Crippen molar-refractivity contribution in [3.8, 4) is 16.1 Å². The lowest BCUT2D eigenvalue weighted by molar-refractivity contribution is 0.252. The first-order chi connectivity index (χ1) is 24.0. The number of fused-ring (bicyclic) bond motifs is 1. The van der Waals surface area contributed by atoms with Crippen LogP contribution in [0.2, 0.25) is 0 Å². The smallest absolute Gasteiger partial charge is 0.337 e. The third kappa shape index (κ3) is 7.12. The van der Waals surface area contributed by atoms with Crippen molar-refractivity contribution in [3.05, 3.63) is 116 Å². The molecule has 262 valence electrons. The maximum absolute atomic E-state index is 15.0. The molecule has 0 saturated carbocycles. The minimum absolute atomic E-state index is 0.111. The van der Waals surface area contributed by atoms with Crippen LogP contribution in [0.5, 0.6) is 0 Å². The monoisotopic (exact) mass is 722 g/mol. The van der Waals surface area contributed by atoms with E-state index < -0.39 is 39.5 Å². The lowest BCUT2D eigenvalue weighted by Crippen LogP contribution is -2.39. The van der Waals surface area contributed by atoms with Gasteiger partial charge in [-0.2, -0.15) is 0 Å². The van der Waals surface area contributed by atoms with Crippen LogP contribution in [0, 0.1) is 11.6 Å². The normalized spacial score (nSPS) is 14.4. The fourth-order valence-corrected chi connectivity index (χ4v) is 8.87. The lowest BCUT2D eigenvalue weighted by Gasteiger charge is -2.21. The summed E-state index contributed by atoms with van der Waals surface area (Å²) >= 11 is 1.15. The molecule has 3 heterocycles. The van der Waals surface area contributed by atoms with Gasteiger partial charge in [0.05, 0.1) is 23.4 Å². The Balaban J connectivity index is 1.54. The number of aromatic nitrogens is 2. The van der Waals surface area contributed by atoms with Gasteiger partial charge < -0.3 is 15.5 Å². The summed E-state index contributed by atoms with van der Waals surface area (Å²) in [5.74, 6) is -1.54. The van der Waals surface area contributed by atoms with Gasteiger partial charge in [0.2, 0.25) is 10.0 Å². The summed E-state index contributed by atoms with van der Waals surface area (Å²) in [6, 6.07) is 18.4. The minimum Gasteiger partial charge on any atom is -0.338 e. The third-order valence-corrected chi connectivity index (χ3v) is 11.8. The maximum Gasteiger partial charge on any atom is 0.337 e. The number of likely N-dealkylation sites (N-methyl/N-ethyl adjacent to an activating group) is 1. The number of urea groups is 1. The van der Waals surface area contributed by atoms with Crippen LogP contribution in [0.3, 0.4) is 0 Å². The predicted molar refractivity (Wildman–Crippen MR) is 192 cm³/mol. The van der Waals surface area contributed by atoms with Gasteiger partial charge in [0.15, 0.2) is 0 Å². The number of sulfonamides is 1. The standard InChI is InChI=1S/C35H36F2N6O5S2/c1-3-38-34(45)39-24-15-13-23(14-16-24)31-27(21-40(2)18-19-41-17-8-20-50(41,47)48)30-32(44)43(25-9-5-4-6-10-25)35(46)42(33(30)49-31)22-26-28(36)11-7-12-29(26)37/h4-7,9-16H,3,8,17-22H2,1-2H3,(H2,38,39,45). The highest BCUT2D eigenvalue weighted by atomic mass is 32.2. The van der Waals surface area contributed by atoms with Crippen LogP contribution in [0.25, 0.3) is 26.3 Å². The van der Waals surface area contributed by atoms with Crippen molar-refractivity contribution >= 4 is 43.3 Å². The van der Waals surface area contributed by atoms with Crippen LogP contribution in [-0.4, -0.2) is 71.8 Å². The number of hydrogen-bond acceptors (Lipinski definition) is 7. The molecule has 1 aliphatic heterocycles. The van der Waals surface area contributed by atoms with Crippen LogP contribution in [-0.2, 0) is 23.1 Å². The van der Waals surface area contributed by atoms with Crippen molar-refractivity contribution < 1.29 is 22.0 Å². The van der Waals surface area contributed by atoms with Gasteiger partial charge in [0, 0.05) is 48.9 Å². The first-order valence-corrected chi connectivity index (χ1v) is 18.5. The van der Waals surface area contributed by atoms with E-state index in [1.807, 2.05) is 11.9 Å². The molecular weight excluding hydrogens is 687 g/mol. The molecule has 6 rings (SSSR count). The number of nitrogens with one attached hydrogen (secondary N) is 2. The van der Waals surface area contributed by atoms with E-state index in [1.54, 1.807) is 61.5 Å². The van der Waals surface area contributed by atoms with Crippen LogP contribution in [0.15, 0.2) is 82.4 Å². The Morgan fingerprint density at radius 1 is 0.960 bits per heavy atom. The number of anilines is 1. The number of carbonyl (C=O) groups is 1. The van der Waals surface area contributed by atoms with Crippen molar-refractivity contribution in [3.63, 3.8) is 0 Å². The molecule has 11 nitrogen and oxygen atoms in total. The number of para-hydroxylation sites is 1. The molecule has 3 aromatic carbocycles. The molecule has 50 heavy (non-hydrogen) atoms. The van der Waals surface area contributed by atoms with Gasteiger partial charge in [0.25, 0.3) is 5.56 Å². The van der Waals surface area contributed by atoms with Gasteiger partial charge in [-0.25, -0.2) is 35.7 Å². The van der Waals surface area contributed by atoms with Gasteiger partial charge in [-0.15, -0.1) is 11.3 Å². The Hall–Kier alpha value is -4.70. The summed E-state index contributed by atoms with van der Waals surface area (Å²) < 4.78 is 58.7. The Morgan fingerprint density at radius 3 is 2.30 bits per heavy atom. The number of halogens is 2. The molecular formula is C35H36F2N6O5S2. The van der Waals surface area contributed by atoms with Crippen LogP contribution < -0.4 is 21.9 Å². The second-order valence-corrected chi connectivity index (χ2v) is 15.1.